The van der Waals surface area contributed by atoms with Crippen molar-refractivity contribution in [2.24, 2.45) is 0 Å². The first-order chi connectivity index (χ1) is 7.84. The summed E-state index contributed by atoms with van der Waals surface area (Å²) >= 11 is 4.10. The second-order valence-corrected chi connectivity index (χ2v) is 5.71. The number of hydrogen-bond acceptors (Lipinski definition) is 2. The van der Waals surface area contributed by atoms with E-state index in [0.717, 1.165) is 19.5 Å². The molecule has 0 aliphatic carbocycles. The Morgan fingerprint density at radius 3 is 2.56 bits per heavy atom. The van der Waals surface area contributed by atoms with Crippen LogP contribution in [0.1, 0.15) is 11.1 Å². The fourth-order valence-electron chi connectivity index (χ4n) is 1.50. The van der Waals surface area contributed by atoms with Gasteiger partial charge in [0, 0.05) is 10.1 Å². The summed E-state index contributed by atoms with van der Waals surface area (Å²) in [6.45, 7) is 2.00. The third-order valence-corrected chi connectivity index (χ3v) is 3.86. The fourth-order valence-corrected chi connectivity index (χ4v) is 2.57. The maximum Gasteiger partial charge on any atom is 0.0205 e. The number of rotatable bonds is 5. The Balaban J connectivity index is 1.70. The van der Waals surface area contributed by atoms with Gasteiger partial charge in [0.15, 0.2) is 0 Å². The van der Waals surface area contributed by atoms with Crippen LogP contribution < -0.4 is 5.32 Å². The maximum absolute atomic E-state index is 3.46. The van der Waals surface area contributed by atoms with Gasteiger partial charge in [-0.25, -0.2) is 0 Å². The molecule has 0 amide bonds. The van der Waals surface area contributed by atoms with E-state index in [1.807, 2.05) is 0 Å². The molecule has 0 bridgehead atoms. The van der Waals surface area contributed by atoms with Crippen LogP contribution in [0.5, 0.6) is 0 Å². The number of benzene rings is 1. The molecule has 0 radical (unpaired) electrons. The van der Waals surface area contributed by atoms with Gasteiger partial charge in [-0.05, 0) is 75.6 Å². The number of nitrogens with one attached hydrogen (secondary N) is 1. The van der Waals surface area contributed by atoms with E-state index >= 15 is 0 Å². The van der Waals surface area contributed by atoms with E-state index in [2.05, 4.69) is 69.0 Å². The fraction of sp³-hybridized carbons (Fsp3) is 0.231. The largest absolute Gasteiger partial charge is 0.312 e. The zero-order chi connectivity index (χ0) is 11.2. The first-order valence-electron chi connectivity index (χ1n) is 5.31. The zero-order valence-electron chi connectivity index (χ0n) is 8.95. The number of halogens is 1. The molecule has 0 unspecified atom stereocenters. The minimum Gasteiger partial charge on any atom is -0.312 e. The summed E-state index contributed by atoms with van der Waals surface area (Å²) in [5.74, 6) is 0. The van der Waals surface area contributed by atoms with Crippen molar-refractivity contribution < 1.29 is 0 Å². The van der Waals surface area contributed by atoms with Gasteiger partial charge >= 0.3 is 0 Å². The summed E-state index contributed by atoms with van der Waals surface area (Å²) in [5, 5.41) is 7.81. The molecule has 1 aromatic heterocycles. The SMILES string of the molecule is Ic1ccc(CNCCc2ccsc2)cc1. The molecular formula is C13H14INS. The molecule has 0 aliphatic heterocycles. The van der Waals surface area contributed by atoms with E-state index in [9.17, 15) is 0 Å². The Morgan fingerprint density at radius 1 is 1.06 bits per heavy atom. The zero-order valence-corrected chi connectivity index (χ0v) is 11.9. The Bertz CT molecular complexity index is 408. The van der Waals surface area contributed by atoms with Gasteiger partial charge in [-0.2, -0.15) is 11.3 Å². The van der Waals surface area contributed by atoms with Gasteiger partial charge in [0.25, 0.3) is 0 Å². The molecule has 0 aliphatic rings. The monoisotopic (exact) mass is 343 g/mol. The molecular weight excluding hydrogens is 329 g/mol. The molecule has 84 valence electrons. The van der Waals surface area contributed by atoms with Gasteiger partial charge in [0.1, 0.15) is 0 Å². The number of thiophene rings is 1. The highest BCUT2D eigenvalue weighted by atomic mass is 127. The summed E-state index contributed by atoms with van der Waals surface area (Å²) in [6, 6.07) is 10.9. The standard InChI is InChI=1S/C13H14INS/c14-13-3-1-11(2-4-13)9-15-7-5-12-6-8-16-10-12/h1-4,6,8,10,15H,5,7,9H2. The molecule has 0 atom stereocenters. The van der Waals surface area contributed by atoms with Crippen LogP contribution in [0, 0.1) is 3.57 Å². The molecule has 16 heavy (non-hydrogen) atoms. The van der Waals surface area contributed by atoms with Gasteiger partial charge in [0.05, 0.1) is 0 Å². The molecule has 0 saturated heterocycles. The summed E-state index contributed by atoms with van der Waals surface area (Å²) in [5.41, 5.74) is 2.78. The summed E-state index contributed by atoms with van der Waals surface area (Å²) in [4.78, 5) is 0. The Hall–Kier alpha value is -0.390. The van der Waals surface area contributed by atoms with Crippen molar-refractivity contribution in [2.75, 3.05) is 6.54 Å². The second kappa shape index (κ2) is 6.37. The third kappa shape index (κ3) is 3.88. The van der Waals surface area contributed by atoms with Crippen LogP contribution in [-0.2, 0) is 13.0 Å². The maximum atomic E-state index is 3.46. The van der Waals surface area contributed by atoms with E-state index in [4.69, 9.17) is 0 Å². The van der Waals surface area contributed by atoms with Gasteiger partial charge in [0.2, 0.25) is 0 Å². The van der Waals surface area contributed by atoms with E-state index in [0.29, 0.717) is 0 Å². The van der Waals surface area contributed by atoms with Crippen molar-refractivity contribution in [2.45, 2.75) is 13.0 Å². The lowest BCUT2D eigenvalue weighted by molar-refractivity contribution is 0.687. The van der Waals surface area contributed by atoms with Crippen LogP contribution in [0.15, 0.2) is 41.1 Å². The topological polar surface area (TPSA) is 12.0 Å². The first kappa shape index (κ1) is 12.1. The van der Waals surface area contributed by atoms with Gasteiger partial charge in [-0.3, -0.25) is 0 Å². The van der Waals surface area contributed by atoms with Crippen molar-refractivity contribution in [3.05, 3.63) is 55.8 Å². The molecule has 1 N–H and O–H groups in total. The lowest BCUT2D eigenvalue weighted by atomic mass is 10.2. The minimum absolute atomic E-state index is 0.959. The van der Waals surface area contributed by atoms with Crippen LogP contribution in [0.2, 0.25) is 0 Å². The summed E-state index contributed by atoms with van der Waals surface area (Å²) < 4.78 is 1.29. The van der Waals surface area contributed by atoms with E-state index in [1.165, 1.54) is 14.7 Å². The highest BCUT2D eigenvalue weighted by Gasteiger charge is 1.94. The van der Waals surface area contributed by atoms with Crippen LogP contribution in [0.3, 0.4) is 0 Å². The van der Waals surface area contributed by atoms with Crippen molar-refractivity contribution in [3.63, 3.8) is 0 Å². The van der Waals surface area contributed by atoms with Crippen molar-refractivity contribution in [1.82, 2.24) is 5.32 Å². The van der Waals surface area contributed by atoms with Gasteiger partial charge < -0.3 is 5.32 Å². The lowest BCUT2D eigenvalue weighted by Crippen LogP contribution is -2.16. The Kier molecular flexibility index (Phi) is 4.81. The van der Waals surface area contributed by atoms with E-state index in [1.54, 1.807) is 11.3 Å². The van der Waals surface area contributed by atoms with Crippen LogP contribution in [0.4, 0.5) is 0 Å². The molecule has 0 saturated carbocycles. The second-order valence-electron chi connectivity index (χ2n) is 3.68. The molecule has 2 aromatic rings. The summed E-state index contributed by atoms with van der Waals surface area (Å²) in [7, 11) is 0. The van der Waals surface area contributed by atoms with Crippen LogP contribution in [0.25, 0.3) is 0 Å². The van der Waals surface area contributed by atoms with Gasteiger partial charge in [-0.15, -0.1) is 0 Å². The van der Waals surface area contributed by atoms with Crippen LogP contribution >= 0.6 is 33.9 Å². The predicted molar refractivity (Wildman–Crippen MR) is 78.9 cm³/mol. The van der Waals surface area contributed by atoms with Crippen LogP contribution in [-0.4, -0.2) is 6.54 Å². The molecule has 3 heteroatoms. The normalized spacial score (nSPS) is 10.6. The lowest BCUT2D eigenvalue weighted by Gasteiger charge is -2.04. The molecule has 2 rings (SSSR count). The van der Waals surface area contributed by atoms with E-state index < -0.39 is 0 Å². The predicted octanol–water partition coefficient (Wildman–Crippen LogP) is 3.69. The Morgan fingerprint density at radius 2 is 1.88 bits per heavy atom. The average Bonchev–Trinajstić information content (AvgIpc) is 2.80. The highest BCUT2D eigenvalue weighted by molar-refractivity contribution is 14.1. The first-order valence-corrected chi connectivity index (χ1v) is 7.33. The highest BCUT2D eigenvalue weighted by Crippen LogP contribution is 2.07. The molecule has 1 aromatic carbocycles. The molecule has 0 fully saturated rings. The smallest absolute Gasteiger partial charge is 0.0205 e. The number of hydrogen-bond donors (Lipinski definition) is 1. The summed E-state index contributed by atoms with van der Waals surface area (Å²) in [6.07, 6.45) is 1.12. The molecule has 1 nitrogen and oxygen atoms in total. The average molecular weight is 343 g/mol. The van der Waals surface area contributed by atoms with Gasteiger partial charge in [-0.1, -0.05) is 12.1 Å². The minimum atomic E-state index is 0.959. The van der Waals surface area contributed by atoms with Crippen molar-refractivity contribution >= 4 is 33.9 Å². The van der Waals surface area contributed by atoms with E-state index in [-0.39, 0.29) is 0 Å². The van der Waals surface area contributed by atoms with Crippen molar-refractivity contribution in [3.8, 4) is 0 Å². The quantitative estimate of drug-likeness (QED) is 0.645. The Labute approximate surface area is 114 Å². The third-order valence-electron chi connectivity index (χ3n) is 2.41. The molecule has 1 heterocycles. The molecule has 0 spiro atoms. The van der Waals surface area contributed by atoms with Crippen molar-refractivity contribution in [1.29, 1.82) is 0 Å².